The van der Waals surface area contributed by atoms with Gasteiger partial charge in [-0.25, -0.2) is 0 Å². The summed E-state index contributed by atoms with van der Waals surface area (Å²) in [6.45, 7) is 11.9. The molecule has 0 bridgehead atoms. The smallest absolute Gasteiger partial charge is 0.161 e. The molecule has 0 aliphatic heterocycles. The Bertz CT molecular complexity index is 390. The Labute approximate surface area is 127 Å². The summed E-state index contributed by atoms with van der Waals surface area (Å²) in [5, 5.41) is 8.04. The summed E-state index contributed by atoms with van der Waals surface area (Å²) in [6, 6.07) is 0.619. The molecule has 0 radical (unpaired) electrons. The van der Waals surface area contributed by atoms with Crippen LogP contribution in [0.1, 0.15) is 52.4 Å². The van der Waals surface area contributed by atoms with Crippen LogP contribution in [-0.4, -0.2) is 34.9 Å². The molecule has 0 aliphatic carbocycles. The van der Waals surface area contributed by atoms with Crippen LogP contribution in [0.3, 0.4) is 0 Å². The lowest BCUT2D eigenvalue weighted by atomic mass is 10.2. The van der Waals surface area contributed by atoms with Gasteiger partial charge in [0.05, 0.1) is 25.0 Å². The molecular formula is C15H29N3OS. The third-order valence-electron chi connectivity index (χ3n) is 3.02. The fraction of sp³-hybridized carbons (Fsp3) is 0.800. The van der Waals surface area contributed by atoms with E-state index in [0.29, 0.717) is 6.04 Å². The first kappa shape index (κ1) is 17.4. The molecule has 1 rings (SSSR count). The fourth-order valence-electron chi connectivity index (χ4n) is 2.16. The van der Waals surface area contributed by atoms with Crippen molar-refractivity contribution in [3.05, 3.63) is 11.9 Å². The largest absolute Gasteiger partial charge is 0.493 e. The fourth-order valence-corrected chi connectivity index (χ4v) is 3.28. The molecule has 1 unspecified atom stereocenters. The van der Waals surface area contributed by atoms with Crippen LogP contribution in [0.2, 0.25) is 0 Å². The Balaban J connectivity index is 2.91. The van der Waals surface area contributed by atoms with Gasteiger partial charge in [-0.3, -0.25) is 4.68 Å². The van der Waals surface area contributed by atoms with Crippen molar-refractivity contribution in [1.29, 1.82) is 0 Å². The molecule has 0 amide bonds. The van der Waals surface area contributed by atoms with Gasteiger partial charge in [0.25, 0.3) is 0 Å². The number of thioether (sulfide) groups is 1. The third-order valence-corrected chi connectivity index (χ3v) is 4.50. The molecule has 1 N–H and O–H groups in total. The van der Waals surface area contributed by atoms with Crippen LogP contribution >= 0.6 is 11.8 Å². The Hall–Kier alpha value is -0.680. The number of hydrogen-bond donors (Lipinski definition) is 1. The van der Waals surface area contributed by atoms with Gasteiger partial charge in [0.2, 0.25) is 0 Å². The Morgan fingerprint density at radius 1 is 1.30 bits per heavy atom. The molecule has 116 valence electrons. The zero-order valence-electron chi connectivity index (χ0n) is 13.6. The summed E-state index contributed by atoms with van der Waals surface area (Å²) in [4.78, 5) is 0. The van der Waals surface area contributed by atoms with E-state index in [9.17, 15) is 0 Å². The van der Waals surface area contributed by atoms with Gasteiger partial charge in [-0.2, -0.15) is 16.9 Å². The molecule has 5 heteroatoms. The summed E-state index contributed by atoms with van der Waals surface area (Å²) >= 11 is 1.99. The van der Waals surface area contributed by atoms with Crippen molar-refractivity contribution in [2.75, 3.05) is 25.2 Å². The van der Waals surface area contributed by atoms with Gasteiger partial charge in [-0.15, -0.1) is 0 Å². The Morgan fingerprint density at radius 2 is 2.00 bits per heavy atom. The highest BCUT2D eigenvalue weighted by Gasteiger charge is 2.22. The standard InChI is InChI=1S/C15H29N3OS/c1-7-16-13(10-20-9-11(2)3)15-14(19-6)8-17-18(15)12(4)5/h8,11-13,16H,7,9-10H2,1-6H3. The quantitative estimate of drug-likeness (QED) is 0.757. The predicted octanol–water partition coefficient (Wildman–Crippen LogP) is 3.51. The van der Waals surface area contributed by atoms with E-state index in [-0.39, 0.29) is 6.04 Å². The summed E-state index contributed by atoms with van der Waals surface area (Å²) in [5.74, 6) is 3.83. The third kappa shape index (κ3) is 4.70. The average molecular weight is 299 g/mol. The maximum absolute atomic E-state index is 5.50. The molecule has 1 aromatic rings. The minimum atomic E-state index is 0.281. The molecule has 0 saturated heterocycles. The van der Waals surface area contributed by atoms with Crippen LogP contribution in [0.15, 0.2) is 6.20 Å². The van der Waals surface area contributed by atoms with Gasteiger partial charge in [0.1, 0.15) is 0 Å². The molecule has 0 aliphatic rings. The van der Waals surface area contributed by atoms with Gasteiger partial charge >= 0.3 is 0 Å². The molecule has 1 aromatic heterocycles. The van der Waals surface area contributed by atoms with Crippen LogP contribution in [0.4, 0.5) is 0 Å². The summed E-state index contributed by atoms with van der Waals surface area (Å²) in [5.41, 5.74) is 1.17. The zero-order chi connectivity index (χ0) is 15.1. The summed E-state index contributed by atoms with van der Waals surface area (Å²) in [6.07, 6.45) is 1.83. The number of rotatable bonds is 9. The van der Waals surface area contributed by atoms with Crippen LogP contribution in [0.25, 0.3) is 0 Å². The Morgan fingerprint density at radius 3 is 2.50 bits per heavy atom. The first-order chi connectivity index (χ1) is 9.51. The Kier molecular flexibility index (Phi) is 7.45. The second-order valence-corrected chi connectivity index (χ2v) is 6.75. The number of nitrogens with zero attached hydrogens (tertiary/aromatic N) is 2. The van der Waals surface area contributed by atoms with E-state index in [1.54, 1.807) is 7.11 Å². The van der Waals surface area contributed by atoms with E-state index in [1.807, 2.05) is 18.0 Å². The van der Waals surface area contributed by atoms with Crippen molar-refractivity contribution in [3.8, 4) is 5.75 Å². The topological polar surface area (TPSA) is 39.1 Å². The molecule has 20 heavy (non-hydrogen) atoms. The van der Waals surface area contributed by atoms with E-state index in [2.05, 4.69) is 49.7 Å². The van der Waals surface area contributed by atoms with Crippen molar-refractivity contribution in [2.45, 2.75) is 46.7 Å². The van der Waals surface area contributed by atoms with E-state index in [1.165, 1.54) is 11.4 Å². The van der Waals surface area contributed by atoms with Crippen LogP contribution in [0, 0.1) is 5.92 Å². The second-order valence-electron chi connectivity index (χ2n) is 5.68. The van der Waals surface area contributed by atoms with E-state index < -0.39 is 0 Å². The minimum absolute atomic E-state index is 0.281. The van der Waals surface area contributed by atoms with Crippen molar-refractivity contribution < 1.29 is 4.74 Å². The zero-order valence-corrected chi connectivity index (χ0v) is 14.5. The molecule has 1 heterocycles. The predicted molar refractivity (Wildman–Crippen MR) is 87.7 cm³/mol. The monoisotopic (exact) mass is 299 g/mol. The van der Waals surface area contributed by atoms with Crippen LogP contribution < -0.4 is 10.1 Å². The summed E-state index contributed by atoms with van der Waals surface area (Å²) < 4.78 is 7.57. The average Bonchev–Trinajstić information content (AvgIpc) is 2.81. The second kappa shape index (κ2) is 8.57. The first-order valence-corrected chi connectivity index (χ1v) is 8.59. The molecule has 0 fully saturated rings. The number of ether oxygens (including phenoxy) is 1. The lowest BCUT2D eigenvalue weighted by Gasteiger charge is -2.22. The number of hydrogen-bond acceptors (Lipinski definition) is 4. The number of methoxy groups -OCH3 is 1. The lowest BCUT2D eigenvalue weighted by Crippen LogP contribution is -2.27. The van der Waals surface area contributed by atoms with Gasteiger partial charge in [0, 0.05) is 11.8 Å². The summed E-state index contributed by atoms with van der Waals surface area (Å²) in [7, 11) is 1.72. The van der Waals surface area contributed by atoms with Gasteiger partial charge in [0.15, 0.2) is 5.75 Å². The van der Waals surface area contributed by atoms with Gasteiger partial charge < -0.3 is 10.1 Å². The molecule has 0 spiro atoms. The molecular weight excluding hydrogens is 270 g/mol. The molecule has 4 nitrogen and oxygen atoms in total. The van der Waals surface area contributed by atoms with Crippen molar-refractivity contribution in [1.82, 2.24) is 15.1 Å². The van der Waals surface area contributed by atoms with Crippen LogP contribution in [-0.2, 0) is 0 Å². The molecule has 0 saturated carbocycles. The lowest BCUT2D eigenvalue weighted by molar-refractivity contribution is 0.391. The number of nitrogens with one attached hydrogen (secondary N) is 1. The van der Waals surface area contributed by atoms with E-state index in [4.69, 9.17) is 4.74 Å². The maximum atomic E-state index is 5.50. The molecule has 0 aromatic carbocycles. The van der Waals surface area contributed by atoms with Crippen LogP contribution in [0.5, 0.6) is 5.75 Å². The van der Waals surface area contributed by atoms with Crippen molar-refractivity contribution >= 4 is 11.8 Å². The highest BCUT2D eigenvalue weighted by Crippen LogP contribution is 2.30. The maximum Gasteiger partial charge on any atom is 0.161 e. The SMILES string of the molecule is CCNC(CSCC(C)C)c1c(OC)cnn1C(C)C. The highest BCUT2D eigenvalue weighted by molar-refractivity contribution is 7.99. The normalized spacial score (nSPS) is 13.2. The van der Waals surface area contributed by atoms with Crippen molar-refractivity contribution in [3.63, 3.8) is 0 Å². The van der Waals surface area contributed by atoms with E-state index in [0.717, 1.165) is 24.0 Å². The van der Waals surface area contributed by atoms with Crippen molar-refractivity contribution in [2.24, 2.45) is 5.92 Å². The minimum Gasteiger partial charge on any atom is -0.493 e. The van der Waals surface area contributed by atoms with Gasteiger partial charge in [-0.05, 0) is 32.1 Å². The highest BCUT2D eigenvalue weighted by atomic mass is 32.2. The number of aromatic nitrogens is 2. The van der Waals surface area contributed by atoms with Gasteiger partial charge in [-0.1, -0.05) is 20.8 Å². The molecule has 1 atom stereocenters. The van der Waals surface area contributed by atoms with E-state index >= 15 is 0 Å². The first-order valence-electron chi connectivity index (χ1n) is 7.43.